The first-order valence-electron chi connectivity index (χ1n) is 1.15. The number of thiol groups is 1. The van der Waals surface area contributed by atoms with Crippen LogP contribution in [-0.2, 0) is 24.6 Å². The molecular formula is H4O6PS-. The Morgan fingerprint density at radius 3 is 1.12 bits per heavy atom. The van der Waals surface area contributed by atoms with E-state index in [1.807, 2.05) is 0 Å². The largest absolute Gasteiger partial charge is 0.466 e. The molecular weight excluding hydrogens is 159 g/mol. The molecule has 0 spiro atoms. The minimum atomic E-state index is -4.64. The Bertz CT molecular complexity index is 106. The van der Waals surface area contributed by atoms with Gasteiger partial charge >= 0.3 is 7.82 Å². The highest BCUT2D eigenvalue weighted by atomic mass is 32.1. The first-order valence-corrected chi connectivity index (χ1v) is 3.44. The van der Waals surface area contributed by atoms with Crippen LogP contribution in [-0.4, -0.2) is 14.7 Å². The van der Waals surface area contributed by atoms with E-state index in [4.69, 9.17) is 27.7 Å². The van der Waals surface area contributed by atoms with E-state index in [2.05, 4.69) is 0 Å². The Morgan fingerprint density at radius 1 is 1.12 bits per heavy atom. The molecule has 0 aromatic rings. The molecule has 3 N–H and O–H groups in total. The van der Waals surface area contributed by atoms with Crippen LogP contribution in [0.25, 0.3) is 0 Å². The molecule has 0 aliphatic rings. The fraction of sp³-hybridized carbons (Fsp3) is 0. The Labute approximate surface area is 48.0 Å². The SMILES string of the molecule is O=P(O)(O)O.O=[SH-]=O. The van der Waals surface area contributed by atoms with Crippen LogP contribution in [0.3, 0.4) is 0 Å². The molecule has 6 nitrogen and oxygen atoms in total. The lowest BCUT2D eigenvalue weighted by molar-refractivity contribution is 0.275. The second-order valence-electron chi connectivity index (χ2n) is 0.588. The molecule has 8 heavy (non-hydrogen) atoms. The molecule has 0 radical (unpaired) electrons. The van der Waals surface area contributed by atoms with Crippen LogP contribution in [0, 0.1) is 0 Å². The molecule has 0 unspecified atom stereocenters. The summed E-state index contributed by atoms with van der Waals surface area (Å²) in [4.78, 5) is 21.6. The Kier molecular flexibility index (Phi) is 7.11. The first kappa shape index (κ1) is 10.9. The second kappa shape index (κ2) is 5.20. The third kappa shape index (κ3) is 43100. The predicted octanol–water partition coefficient (Wildman–Crippen LogP) is -1.44. The normalized spacial score (nSPS) is 9.38. The summed E-state index contributed by atoms with van der Waals surface area (Å²) in [5.41, 5.74) is 0. The monoisotopic (exact) mass is 163 g/mol. The Morgan fingerprint density at radius 2 is 1.12 bits per heavy atom. The van der Waals surface area contributed by atoms with Crippen LogP contribution in [0.15, 0.2) is 0 Å². The summed E-state index contributed by atoms with van der Waals surface area (Å²) in [6, 6.07) is 0. The van der Waals surface area contributed by atoms with Crippen LogP contribution in [0.2, 0.25) is 0 Å². The molecule has 0 aromatic heterocycles. The van der Waals surface area contributed by atoms with Crippen molar-refractivity contribution in [2.24, 2.45) is 0 Å². The van der Waals surface area contributed by atoms with Gasteiger partial charge in [-0.1, -0.05) is 11.6 Å². The molecule has 0 saturated heterocycles. The number of hydrogen-bond donors (Lipinski definition) is 3. The average molecular weight is 163 g/mol. The van der Waals surface area contributed by atoms with Gasteiger partial charge in [0.25, 0.3) is 0 Å². The highest BCUT2D eigenvalue weighted by Gasteiger charge is 2.00. The molecule has 0 atom stereocenters. The van der Waals surface area contributed by atoms with Gasteiger partial charge in [0.05, 0.1) is 0 Å². The van der Waals surface area contributed by atoms with Crippen molar-refractivity contribution in [3.63, 3.8) is 0 Å². The second-order valence-corrected chi connectivity index (χ2v) is 1.76. The highest BCUT2D eigenvalue weighted by molar-refractivity contribution is 7.51. The van der Waals surface area contributed by atoms with Crippen LogP contribution < -0.4 is 0 Å². The number of hydrogen-bond acceptors (Lipinski definition) is 4. The van der Waals surface area contributed by atoms with Gasteiger partial charge in [-0.05, 0) is 0 Å². The van der Waals surface area contributed by atoms with E-state index in [0.29, 0.717) is 0 Å². The quantitative estimate of drug-likeness (QED) is 0.229. The van der Waals surface area contributed by atoms with E-state index >= 15 is 0 Å². The fourth-order valence-electron chi connectivity index (χ4n) is 0. The minimum Gasteiger partial charge on any atom is -0.427 e. The van der Waals surface area contributed by atoms with Crippen LogP contribution in [0.4, 0.5) is 0 Å². The molecule has 0 aliphatic carbocycles. The van der Waals surface area contributed by atoms with E-state index in [-0.39, 0.29) is 0 Å². The van der Waals surface area contributed by atoms with Crippen molar-refractivity contribution < 1.29 is 27.7 Å². The Balaban J connectivity index is 0. The first-order chi connectivity index (χ1) is 3.41. The molecule has 0 bridgehead atoms. The topological polar surface area (TPSA) is 112 Å². The van der Waals surface area contributed by atoms with Gasteiger partial charge in [0, 0.05) is 0 Å². The van der Waals surface area contributed by atoms with E-state index in [1.165, 1.54) is 0 Å². The van der Waals surface area contributed by atoms with Gasteiger partial charge in [-0.15, -0.1) is 0 Å². The van der Waals surface area contributed by atoms with Crippen molar-refractivity contribution in [2.75, 3.05) is 0 Å². The molecule has 0 amide bonds. The maximum atomic E-state index is 8.88. The van der Waals surface area contributed by atoms with Crippen molar-refractivity contribution in [3.05, 3.63) is 0 Å². The summed E-state index contributed by atoms with van der Waals surface area (Å²) in [5, 5.41) is 0. The van der Waals surface area contributed by atoms with Gasteiger partial charge in [0.15, 0.2) is 0 Å². The van der Waals surface area contributed by atoms with Crippen LogP contribution >= 0.6 is 7.82 Å². The third-order valence-electron chi connectivity index (χ3n) is 0. The number of rotatable bonds is 0. The van der Waals surface area contributed by atoms with E-state index in [1.54, 1.807) is 0 Å². The number of phosphoric acid groups is 1. The molecule has 52 valence electrons. The standard InChI is InChI=1S/H3O4P.HO2S/c1-5(2,3)4;1-3-2/h(H3,1,2,3,4);3H/q;-1. The lowest BCUT2D eigenvalue weighted by Gasteiger charge is -1.82. The summed E-state index contributed by atoms with van der Waals surface area (Å²) in [5.74, 6) is 0. The summed E-state index contributed by atoms with van der Waals surface area (Å²) in [6.07, 6.45) is 0. The van der Waals surface area contributed by atoms with Crippen molar-refractivity contribution >= 4 is 19.4 Å². The summed E-state index contributed by atoms with van der Waals surface area (Å²) >= 11 is -1.08. The Hall–Kier alpha value is 0.0600. The third-order valence-corrected chi connectivity index (χ3v) is 0. The van der Waals surface area contributed by atoms with Gasteiger partial charge in [-0.3, -0.25) is 0 Å². The van der Waals surface area contributed by atoms with Gasteiger partial charge in [0.1, 0.15) is 0 Å². The minimum absolute atomic E-state index is 1.08. The average Bonchev–Trinajstić information content (AvgIpc) is 1.27. The zero-order chi connectivity index (χ0) is 7.21. The lowest BCUT2D eigenvalue weighted by atomic mass is 15.8. The van der Waals surface area contributed by atoms with Gasteiger partial charge < -0.3 is 23.1 Å². The van der Waals surface area contributed by atoms with E-state index in [9.17, 15) is 0 Å². The molecule has 0 aromatic carbocycles. The predicted molar refractivity (Wildman–Crippen MR) is 24.4 cm³/mol. The van der Waals surface area contributed by atoms with Crippen LogP contribution in [0.1, 0.15) is 0 Å². The van der Waals surface area contributed by atoms with Crippen molar-refractivity contribution in [2.45, 2.75) is 0 Å². The summed E-state index contributed by atoms with van der Waals surface area (Å²) in [7, 11) is -4.64. The van der Waals surface area contributed by atoms with Gasteiger partial charge in [0.2, 0.25) is 0 Å². The van der Waals surface area contributed by atoms with Gasteiger partial charge in [-0.2, -0.15) is 0 Å². The molecule has 0 rings (SSSR count). The van der Waals surface area contributed by atoms with Crippen molar-refractivity contribution in [1.82, 2.24) is 0 Å². The zero-order valence-corrected chi connectivity index (χ0v) is 5.25. The molecule has 0 saturated carbocycles. The lowest BCUT2D eigenvalue weighted by Crippen LogP contribution is -1.66. The zero-order valence-electron chi connectivity index (χ0n) is 3.46. The molecule has 8 heteroatoms. The van der Waals surface area contributed by atoms with E-state index in [0.717, 1.165) is 0 Å². The van der Waals surface area contributed by atoms with Crippen molar-refractivity contribution in [3.8, 4) is 0 Å². The fourth-order valence-corrected chi connectivity index (χ4v) is 0. The molecule has 0 heterocycles. The summed E-state index contributed by atoms with van der Waals surface area (Å²) < 4.78 is 25.6. The van der Waals surface area contributed by atoms with E-state index < -0.39 is 19.4 Å². The van der Waals surface area contributed by atoms with Gasteiger partial charge in [-0.25, -0.2) is 4.57 Å². The maximum Gasteiger partial charge on any atom is 0.466 e. The molecule has 0 fully saturated rings. The smallest absolute Gasteiger partial charge is 0.427 e. The van der Waals surface area contributed by atoms with Crippen molar-refractivity contribution in [1.29, 1.82) is 0 Å². The van der Waals surface area contributed by atoms with Crippen LogP contribution in [0.5, 0.6) is 0 Å². The highest BCUT2D eigenvalue weighted by Crippen LogP contribution is 2.25. The molecule has 0 aliphatic heterocycles. The summed E-state index contributed by atoms with van der Waals surface area (Å²) in [6.45, 7) is 0. The maximum absolute atomic E-state index is 8.88.